The second kappa shape index (κ2) is 7.68. The molecule has 0 unspecified atom stereocenters. The quantitative estimate of drug-likeness (QED) is 0.840. The van der Waals surface area contributed by atoms with Gasteiger partial charge in [-0.05, 0) is 52.0 Å². The smallest absolute Gasteiger partial charge is 0.412 e. The summed E-state index contributed by atoms with van der Waals surface area (Å²) in [6, 6.07) is 11.2. The van der Waals surface area contributed by atoms with Crippen molar-refractivity contribution >= 4 is 23.3 Å². The maximum atomic E-state index is 11.7. The van der Waals surface area contributed by atoms with Crippen molar-refractivity contribution in [2.45, 2.75) is 33.3 Å². The first-order valence-corrected chi connectivity index (χ1v) is 7.82. The normalized spacial score (nSPS) is 10.8. The molecule has 0 aliphatic heterocycles. The highest BCUT2D eigenvalue weighted by Crippen LogP contribution is 2.26. The Hall–Kier alpha value is -2.76. The maximum Gasteiger partial charge on any atom is 0.412 e. The number of benzene rings is 1. The Kier molecular flexibility index (Phi) is 5.63. The number of carbonyl (C=O) groups excluding carboxylic acids is 1. The van der Waals surface area contributed by atoms with E-state index in [9.17, 15) is 4.79 Å². The van der Waals surface area contributed by atoms with E-state index >= 15 is 0 Å². The van der Waals surface area contributed by atoms with Gasteiger partial charge in [0.25, 0.3) is 0 Å². The zero-order valence-corrected chi connectivity index (χ0v) is 14.4. The number of aromatic nitrogens is 1. The number of hydrogen-bond donors (Lipinski definition) is 2. The van der Waals surface area contributed by atoms with Crippen molar-refractivity contribution in [1.29, 1.82) is 0 Å². The van der Waals surface area contributed by atoms with Gasteiger partial charge in [-0.2, -0.15) is 0 Å². The number of carbonyl (C=O) groups is 1. The minimum atomic E-state index is -0.540. The third kappa shape index (κ3) is 5.46. The third-order valence-electron chi connectivity index (χ3n) is 2.86. The van der Waals surface area contributed by atoms with E-state index in [1.807, 2.05) is 52.0 Å². The summed E-state index contributed by atoms with van der Waals surface area (Å²) in [6.07, 6.45) is 1.06. The summed E-state index contributed by atoms with van der Waals surface area (Å²) < 4.78 is 10.8. The van der Waals surface area contributed by atoms with Gasteiger partial charge in [0.1, 0.15) is 17.2 Å². The summed E-state index contributed by atoms with van der Waals surface area (Å²) in [6.45, 7) is 7.96. The first kappa shape index (κ1) is 17.6. The van der Waals surface area contributed by atoms with Gasteiger partial charge >= 0.3 is 6.09 Å². The molecule has 0 bridgehead atoms. The summed E-state index contributed by atoms with van der Waals surface area (Å²) in [5.41, 5.74) is 0.856. The third-order valence-corrected chi connectivity index (χ3v) is 2.86. The number of anilines is 3. The predicted molar refractivity (Wildman–Crippen MR) is 95.0 cm³/mol. The molecular formula is C18H23N3O3. The van der Waals surface area contributed by atoms with Gasteiger partial charge in [0.05, 0.1) is 24.2 Å². The molecule has 1 heterocycles. The van der Waals surface area contributed by atoms with Crippen LogP contribution < -0.4 is 15.4 Å². The van der Waals surface area contributed by atoms with E-state index in [2.05, 4.69) is 15.6 Å². The summed E-state index contributed by atoms with van der Waals surface area (Å²) in [5.74, 6) is 1.41. The number of hydrogen-bond acceptors (Lipinski definition) is 5. The molecule has 0 fully saturated rings. The summed E-state index contributed by atoms with van der Waals surface area (Å²) >= 11 is 0. The molecule has 0 radical (unpaired) electrons. The second-order valence-corrected chi connectivity index (χ2v) is 6.11. The highest BCUT2D eigenvalue weighted by molar-refractivity contribution is 5.84. The second-order valence-electron chi connectivity index (χ2n) is 6.11. The zero-order chi connectivity index (χ0) is 17.6. The van der Waals surface area contributed by atoms with Crippen LogP contribution in [0.2, 0.25) is 0 Å². The fraction of sp³-hybridized carbons (Fsp3) is 0.333. The molecule has 0 saturated carbocycles. The van der Waals surface area contributed by atoms with Gasteiger partial charge in [-0.1, -0.05) is 12.1 Å². The fourth-order valence-electron chi connectivity index (χ4n) is 1.95. The molecule has 2 rings (SSSR count). The number of rotatable bonds is 5. The van der Waals surface area contributed by atoms with Crippen molar-refractivity contribution < 1.29 is 14.3 Å². The topological polar surface area (TPSA) is 72.5 Å². The van der Waals surface area contributed by atoms with Gasteiger partial charge in [0.15, 0.2) is 0 Å². The van der Waals surface area contributed by atoms with Crippen molar-refractivity contribution in [2.75, 3.05) is 17.2 Å². The van der Waals surface area contributed by atoms with Crippen LogP contribution in [0.5, 0.6) is 5.75 Å². The lowest BCUT2D eigenvalue weighted by atomic mass is 10.2. The van der Waals surface area contributed by atoms with Gasteiger partial charge in [-0.3, -0.25) is 5.32 Å². The first-order valence-electron chi connectivity index (χ1n) is 7.82. The highest BCUT2D eigenvalue weighted by atomic mass is 16.6. The van der Waals surface area contributed by atoms with Crippen LogP contribution in [-0.4, -0.2) is 23.3 Å². The van der Waals surface area contributed by atoms with Crippen LogP contribution >= 0.6 is 0 Å². The van der Waals surface area contributed by atoms with E-state index in [0.29, 0.717) is 18.1 Å². The maximum absolute atomic E-state index is 11.7. The number of nitrogens with zero attached hydrogens (tertiary/aromatic N) is 1. The molecule has 2 N–H and O–H groups in total. The van der Waals surface area contributed by atoms with Gasteiger partial charge in [-0.15, -0.1) is 0 Å². The number of pyridine rings is 1. The van der Waals surface area contributed by atoms with E-state index in [0.717, 1.165) is 11.4 Å². The molecule has 0 atom stereocenters. The van der Waals surface area contributed by atoms with Crippen LogP contribution in [0.25, 0.3) is 0 Å². The van der Waals surface area contributed by atoms with Crippen LogP contribution in [0, 0.1) is 0 Å². The lowest BCUT2D eigenvalue weighted by Crippen LogP contribution is -2.27. The van der Waals surface area contributed by atoms with Crippen molar-refractivity contribution in [3.63, 3.8) is 0 Å². The van der Waals surface area contributed by atoms with E-state index in [1.165, 1.54) is 0 Å². The van der Waals surface area contributed by atoms with E-state index in [1.54, 1.807) is 18.3 Å². The number of para-hydroxylation sites is 2. The molecule has 6 heteroatoms. The van der Waals surface area contributed by atoms with Crippen LogP contribution in [0.15, 0.2) is 42.6 Å². The Balaban J connectivity index is 2.01. The van der Waals surface area contributed by atoms with Crippen LogP contribution in [0.3, 0.4) is 0 Å². The van der Waals surface area contributed by atoms with Crippen molar-refractivity contribution in [3.05, 3.63) is 42.6 Å². The van der Waals surface area contributed by atoms with Gasteiger partial charge in [0, 0.05) is 0 Å². The minimum Gasteiger partial charge on any atom is -0.492 e. The molecule has 0 aliphatic carbocycles. The predicted octanol–water partition coefficient (Wildman–Crippen LogP) is 4.57. The summed E-state index contributed by atoms with van der Waals surface area (Å²) in [4.78, 5) is 16.0. The Bertz CT molecular complexity index is 679. The van der Waals surface area contributed by atoms with Crippen molar-refractivity contribution in [3.8, 4) is 5.75 Å². The molecule has 24 heavy (non-hydrogen) atoms. The SMILES string of the molecule is CCOc1ccccc1Nc1ccc(NC(=O)OC(C)(C)C)cn1. The van der Waals surface area contributed by atoms with Crippen LogP contribution in [0.4, 0.5) is 22.0 Å². The minimum absolute atomic E-state index is 0.508. The Morgan fingerprint density at radius 1 is 1.17 bits per heavy atom. The van der Waals surface area contributed by atoms with Gasteiger partial charge < -0.3 is 14.8 Å². The lowest BCUT2D eigenvalue weighted by molar-refractivity contribution is 0.0636. The van der Waals surface area contributed by atoms with Gasteiger partial charge in [-0.25, -0.2) is 9.78 Å². The number of nitrogens with one attached hydrogen (secondary N) is 2. The molecule has 128 valence electrons. The summed E-state index contributed by atoms with van der Waals surface area (Å²) in [7, 11) is 0. The fourth-order valence-corrected chi connectivity index (χ4v) is 1.95. The highest BCUT2D eigenvalue weighted by Gasteiger charge is 2.16. The van der Waals surface area contributed by atoms with Crippen LogP contribution in [-0.2, 0) is 4.74 Å². The van der Waals surface area contributed by atoms with Crippen molar-refractivity contribution in [1.82, 2.24) is 4.98 Å². The molecule has 0 spiro atoms. The lowest BCUT2D eigenvalue weighted by Gasteiger charge is -2.19. The van der Waals surface area contributed by atoms with Gasteiger partial charge in [0.2, 0.25) is 0 Å². The van der Waals surface area contributed by atoms with E-state index in [-0.39, 0.29) is 0 Å². The zero-order valence-electron chi connectivity index (χ0n) is 14.4. The Morgan fingerprint density at radius 3 is 2.54 bits per heavy atom. The molecule has 0 saturated heterocycles. The standard InChI is InChI=1S/C18H23N3O3/c1-5-23-15-9-7-6-8-14(15)21-16-11-10-13(12-19-16)20-17(22)24-18(2,3)4/h6-12H,5H2,1-4H3,(H,19,21)(H,20,22). The first-order chi connectivity index (χ1) is 11.4. The molecule has 6 nitrogen and oxygen atoms in total. The molecule has 2 aromatic rings. The van der Waals surface area contributed by atoms with E-state index in [4.69, 9.17) is 9.47 Å². The molecule has 1 aromatic carbocycles. The van der Waals surface area contributed by atoms with E-state index < -0.39 is 11.7 Å². The molecule has 0 aliphatic rings. The number of amides is 1. The number of ether oxygens (including phenoxy) is 2. The largest absolute Gasteiger partial charge is 0.492 e. The average molecular weight is 329 g/mol. The average Bonchev–Trinajstić information content (AvgIpc) is 2.49. The monoisotopic (exact) mass is 329 g/mol. The Morgan fingerprint density at radius 2 is 1.92 bits per heavy atom. The van der Waals surface area contributed by atoms with Crippen molar-refractivity contribution in [2.24, 2.45) is 0 Å². The van der Waals surface area contributed by atoms with Crippen LogP contribution in [0.1, 0.15) is 27.7 Å². The molecule has 1 amide bonds. The molecule has 1 aromatic heterocycles. The molecular weight excluding hydrogens is 306 g/mol. The Labute approximate surface area is 142 Å². The summed E-state index contributed by atoms with van der Waals surface area (Å²) in [5, 5.41) is 5.84.